The lowest BCUT2D eigenvalue weighted by molar-refractivity contribution is -0.129. The predicted octanol–water partition coefficient (Wildman–Crippen LogP) is 2.87. The van der Waals surface area contributed by atoms with E-state index in [9.17, 15) is 9.59 Å². The Balaban J connectivity index is 1.44. The van der Waals surface area contributed by atoms with E-state index in [1.807, 2.05) is 4.90 Å². The Morgan fingerprint density at radius 2 is 2.12 bits per heavy atom. The van der Waals surface area contributed by atoms with E-state index in [1.54, 1.807) is 25.1 Å². The highest BCUT2D eigenvalue weighted by Crippen LogP contribution is 2.30. The Kier molecular flexibility index (Phi) is 3.75. The van der Waals surface area contributed by atoms with E-state index in [4.69, 9.17) is 4.42 Å². The molecule has 2 amide bonds. The van der Waals surface area contributed by atoms with Gasteiger partial charge in [0.05, 0.1) is 5.92 Å². The second-order valence-corrected chi connectivity index (χ2v) is 6.79. The van der Waals surface area contributed by atoms with Crippen molar-refractivity contribution in [3.05, 3.63) is 24.1 Å². The third-order valence-electron chi connectivity index (χ3n) is 5.06. The number of aromatic nitrogens is 1. The lowest BCUT2D eigenvalue weighted by Gasteiger charge is -2.23. The number of likely N-dealkylation sites (tertiary alicyclic amines) is 1. The number of fused-ring (bicyclic) bond motifs is 1. The predicted molar refractivity (Wildman–Crippen MR) is 89.5 cm³/mol. The summed E-state index contributed by atoms with van der Waals surface area (Å²) >= 11 is 0. The summed E-state index contributed by atoms with van der Waals surface area (Å²) in [5, 5.41) is 2.92. The highest BCUT2D eigenvalue weighted by Gasteiger charge is 2.38. The van der Waals surface area contributed by atoms with Crippen LogP contribution in [0.3, 0.4) is 0 Å². The average Bonchev–Trinajstić information content (AvgIpc) is 3.25. The number of hydrogen-bond donors (Lipinski definition) is 1. The molecule has 0 spiro atoms. The van der Waals surface area contributed by atoms with Crippen LogP contribution in [0, 0.1) is 12.8 Å². The Hall–Kier alpha value is -2.37. The second-order valence-electron chi connectivity index (χ2n) is 6.79. The van der Waals surface area contributed by atoms with Crippen LogP contribution < -0.4 is 5.32 Å². The molecule has 1 aromatic heterocycles. The number of hydrogen-bond acceptors (Lipinski definition) is 4. The van der Waals surface area contributed by atoms with Crippen LogP contribution in [0.4, 0.5) is 5.69 Å². The van der Waals surface area contributed by atoms with Crippen molar-refractivity contribution in [1.82, 2.24) is 9.88 Å². The van der Waals surface area contributed by atoms with Gasteiger partial charge in [-0.1, -0.05) is 12.8 Å². The fourth-order valence-corrected chi connectivity index (χ4v) is 3.84. The van der Waals surface area contributed by atoms with E-state index in [2.05, 4.69) is 10.3 Å². The van der Waals surface area contributed by atoms with E-state index in [-0.39, 0.29) is 17.7 Å². The van der Waals surface area contributed by atoms with Gasteiger partial charge in [0.25, 0.3) is 0 Å². The summed E-state index contributed by atoms with van der Waals surface area (Å²) in [5.74, 6) is 0.350. The molecule has 0 radical (unpaired) electrons. The van der Waals surface area contributed by atoms with Gasteiger partial charge in [-0.2, -0.15) is 0 Å². The van der Waals surface area contributed by atoms with Gasteiger partial charge >= 0.3 is 0 Å². The molecule has 1 aromatic carbocycles. The Morgan fingerprint density at radius 1 is 1.33 bits per heavy atom. The Morgan fingerprint density at radius 3 is 2.92 bits per heavy atom. The Labute approximate surface area is 140 Å². The molecule has 4 rings (SSSR count). The molecule has 1 N–H and O–H groups in total. The van der Waals surface area contributed by atoms with Crippen LogP contribution in [0.5, 0.6) is 0 Å². The van der Waals surface area contributed by atoms with Gasteiger partial charge in [0.15, 0.2) is 11.5 Å². The summed E-state index contributed by atoms with van der Waals surface area (Å²) in [5.41, 5.74) is 2.11. The van der Waals surface area contributed by atoms with E-state index >= 15 is 0 Å². The molecule has 2 aromatic rings. The zero-order valence-electron chi connectivity index (χ0n) is 13.7. The zero-order valence-corrected chi connectivity index (χ0v) is 13.7. The summed E-state index contributed by atoms with van der Waals surface area (Å²) in [6.07, 6.45) is 4.82. The number of carbonyl (C=O) groups excluding carboxylic acids is 2. The second kappa shape index (κ2) is 5.92. The van der Waals surface area contributed by atoms with E-state index in [1.165, 1.54) is 12.8 Å². The molecule has 1 aliphatic heterocycles. The first-order chi connectivity index (χ1) is 11.6. The van der Waals surface area contributed by atoms with Crippen LogP contribution in [0.2, 0.25) is 0 Å². The minimum atomic E-state index is -0.271. The number of anilines is 1. The fourth-order valence-electron chi connectivity index (χ4n) is 3.84. The number of oxazole rings is 1. The maximum atomic E-state index is 12.5. The monoisotopic (exact) mass is 327 g/mol. The molecule has 1 aliphatic carbocycles. The van der Waals surface area contributed by atoms with Crippen molar-refractivity contribution in [3.8, 4) is 0 Å². The van der Waals surface area contributed by atoms with Gasteiger partial charge in [-0.05, 0) is 31.0 Å². The molecule has 2 fully saturated rings. The zero-order chi connectivity index (χ0) is 16.7. The van der Waals surface area contributed by atoms with E-state index in [0.717, 1.165) is 18.4 Å². The van der Waals surface area contributed by atoms with Crippen LogP contribution in [-0.4, -0.2) is 34.3 Å². The van der Waals surface area contributed by atoms with Crippen LogP contribution in [0.25, 0.3) is 11.1 Å². The molecule has 6 nitrogen and oxygen atoms in total. The molecule has 1 atom stereocenters. The van der Waals surface area contributed by atoms with Crippen LogP contribution in [0.15, 0.2) is 22.6 Å². The van der Waals surface area contributed by atoms with Gasteiger partial charge < -0.3 is 14.6 Å². The fraction of sp³-hybridized carbons (Fsp3) is 0.500. The van der Waals surface area contributed by atoms with Crippen molar-refractivity contribution in [3.63, 3.8) is 0 Å². The summed E-state index contributed by atoms with van der Waals surface area (Å²) in [6.45, 7) is 2.33. The minimum Gasteiger partial charge on any atom is -0.441 e. The molecule has 1 saturated heterocycles. The van der Waals surface area contributed by atoms with Crippen LogP contribution in [-0.2, 0) is 9.59 Å². The van der Waals surface area contributed by atoms with Gasteiger partial charge in [0, 0.05) is 31.6 Å². The molecule has 126 valence electrons. The summed E-state index contributed by atoms with van der Waals surface area (Å²) in [6, 6.07) is 5.74. The third kappa shape index (κ3) is 2.77. The smallest absolute Gasteiger partial charge is 0.229 e. The Bertz CT molecular complexity index is 792. The molecular formula is C18H21N3O3. The minimum absolute atomic E-state index is 0.0941. The van der Waals surface area contributed by atoms with Crippen molar-refractivity contribution < 1.29 is 14.0 Å². The third-order valence-corrected chi connectivity index (χ3v) is 5.06. The standard InChI is InChI=1S/C18H21N3O3/c1-11-19-15-9-13(6-7-16(15)24-11)20-18(23)12-8-17(22)21(10-12)14-4-2-3-5-14/h6-7,9,12,14H,2-5,8,10H2,1H3,(H,20,23)/t12-/m1/s1. The molecular weight excluding hydrogens is 306 g/mol. The maximum Gasteiger partial charge on any atom is 0.229 e. The van der Waals surface area contributed by atoms with E-state index in [0.29, 0.717) is 36.2 Å². The van der Waals surface area contributed by atoms with Gasteiger partial charge in [0.1, 0.15) is 5.52 Å². The molecule has 6 heteroatoms. The summed E-state index contributed by atoms with van der Waals surface area (Å²) < 4.78 is 5.44. The number of rotatable bonds is 3. The number of nitrogens with one attached hydrogen (secondary N) is 1. The van der Waals surface area contributed by atoms with Crippen LogP contribution in [0.1, 0.15) is 38.0 Å². The normalized spacial score (nSPS) is 21.8. The lowest BCUT2D eigenvalue weighted by Crippen LogP contribution is -2.35. The average molecular weight is 327 g/mol. The molecule has 0 bridgehead atoms. The highest BCUT2D eigenvalue weighted by atomic mass is 16.3. The van der Waals surface area contributed by atoms with Crippen LogP contribution >= 0.6 is 0 Å². The van der Waals surface area contributed by atoms with Crippen molar-refractivity contribution in [2.45, 2.75) is 45.1 Å². The van der Waals surface area contributed by atoms with Crippen molar-refractivity contribution >= 4 is 28.6 Å². The largest absolute Gasteiger partial charge is 0.441 e. The molecule has 2 aliphatic rings. The van der Waals surface area contributed by atoms with Gasteiger partial charge in [0.2, 0.25) is 11.8 Å². The van der Waals surface area contributed by atoms with Crippen molar-refractivity contribution in [2.24, 2.45) is 5.92 Å². The van der Waals surface area contributed by atoms with E-state index < -0.39 is 0 Å². The number of amides is 2. The number of benzene rings is 1. The van der Waals surface area contributed by atoms with Crippen molar-refractivity contribution in [2.75, 3.05) is 11.9 Å². The molecule has 0 unspecified atom stereocenters. The summed E-state index contributed by atoms with van der Waals surface area (Å²) in [4.78, 5) is 31.0. The van der Waals surface area contributed by atoms with Gasteiger partial charge in [-0.25, -0.2) is 4.98 Å². The van der Waals surface area contributed by atoms with Crippen molar-refractivity contribution in [1.29, 1.82) is 0 Å². The number of aryl methyl sites for hydroxylation is 1. The van der Waals surface area contributed by atoms with Gasteiger partial charge in [-0.3, -0.25) is 9.59 Å². The highest BCUT2D eigenvalue weighted by molar-refractivity contribution is 5.98. The SMILES string of the molecule is Cc1nc2cc(NC(=O)[C@@H]3CC(=O)N(C4CCCC4)C3)ccc2o1. The molecule has 1 saturated carbocycles. The number of carbonyl (C=O) groups is 2. The summed E-state index contributed by atoms with van der Waals surface area (Å²) in [7, 11) is 0. The quantitative estimate of drug-likeness (QED) is 0.940. The first kappa shape index (κ1) is 15.2. The first-order valence-corrected chi connectivity index (χ1v) is 8.57. The number of nitrogens with zero attached hydrogens (tertiary/aromatic N) is 2. The molecule has 24 heavy (non-hydrogen) atoms. The van der Waals surface area contributed by atoms with Gasteiger partial charge in [-0.15, -0.1) is 0 Å². The topological polar surface area (TPSA) is 75.4 Å². The molecule has 2 heterocycles. The maximum absolute atomic E-state index is 12.5. The lowest BCUT2D eigenvalue weighted by atomic mass is 10.1. The first-order valence-electron chi connectivity index (χ1n) is 8.57.